The van der Waals surface area contributed by atoms with Gasteiger partial charge in [0.25, 0.3) is 11.5 Å². The molecule has 3 rings (SSSR count). The van der Waals surface area contributed by atoms with E-state index in [2.05, 4.69) is 20.6 Å². The van der Waals surface area contributed by atoms with E-state index in [1.807, 2.05) is 0 Å². The lowest BCUT2D eigenvalue weighted by Gasteiger charge is -2.27. The van der Waals surface area contributed by atoms with Crippen LogP contribution < -0.4 is 10.9 Å². The van der Waals surface area contributed by atoms with Gasteiger partial charge in [0.1, 0.15) is 5.69 Å². The third-order valence-electron chi connectivity index (χ3n) is 4.88. The fraction of sp³-hybridized carbons (Fsp3) is 0.529. The van der Waals surface area contributed by atoms with Gasteiger partial charge in [0.05, 0.1) is 12.2 Å². The average molecular weight is 383 g/mol. The molecule has 0 aromatic carbocycles. The highest BCUT2D eigenvalue weighted by Crippen LogP contribution is 2.37. The molecule has 1 saturated carbocycles. The van der Waals surface area contributed by atoms with Crippen LogP contribution in [0.25, 0.3) is 0 Å². The number of halogens is 3. The van der Waals surface area contributed by atoms with E-state index in [1.165, 1.54) is 23.1 Å². The van der Waals surface area contributed by atoms with Gasteiger partial charge in [-0.05, 0) is 31.7 Å². The maximum absolute atomic E-state index is 14.1. The number of nitrogens with zero attached hydrogens (tertiary/aromatic N) is 3. The summed E-state index contributed by atoms with van der Waals surface area (Å²) in [5.41, 5.74) is -0.187. The van der Waals surface area contributed by atoms with Crippen LogP contribution in [0.15, 0.2) is 23.3 Å². The van der Waals surface area contributed by atoms with Crippen molar-refractivity contribution in [1.82, 2.24) is 20.0 Å². The van der Waals surface area contributed by atoms with Crippen molar-refractivity contribution in [3.63, 3.8) is 0 Å². The summed E-state index contributed by atoms with van der Waals surface area (Å²) in [6, 6.07) is 0.928. The fourth-order valence-corrected chi connectivity index (χ4v) is 3.24. The first-order valence-electron chi connectivity index (χ1n) is 8.71. The zero-order chi connectivity index (χ0) is 19.6. The highest BCUT2D eigenvalue weighted by molar-refractivity contribution is 5.90. The lowest BCUT2D eigenvalue weighted by atomic mass is 9.84. The number of aromatic amines is 1. The second-order valence-corrected chi connectivity index (χ2v) is 6.88. The monoisotopic (exact) mass is 383 g/mol. The first-order valence-corrected chi connectivity index (χ1v) is 8.71. The minimum Gasteiger partial charge on any atom is -0.321 e. The number of nitrogens with one attached hydrogen (secondary N) is 2. The van der Waals surface area contributed by atoms with E-state index >= 15 is 0 Å². The lowest BCUT2D eigenvalue weighted by Crippen LogP contribution is -2.27. The summed E-state index contributed by atoms with van der Waals surface area (Å²) in [5.74, 6) is -4.12. The van der Waals surface area contributed by atoms with E-state index in [1.54, 1.807) is 6.92 Å². The van der Waals surface area contributed by atoms with E-state index in [0.29, 0.717) is 5.56 Å². The van der Waals surface area contributed by atoms with Crippen LogP contribution >= 0.6 is 0 Å². The van der Waals surface area contributed by atoms with Crippen LogP contribution in [0.4, 0.5) is 18.9 Å². The topological polar surface area (TPSA) is 92.7 Å². The van der Waals surface area contributed by atoms with Gasteiger partial charge in [0.2, 0.25) is 11.8 Å². The lowest BCUT2D eigenvalue weighted by molar-refractivity contribution is -0.118. The summed E-state index contributed by atoms with van der Waals surface area (Å²) >= 11 is 0. The second kappa shape index (κ2) is 7.53. The molecule has 0 spiro atoms. The number of aromatic nitrogens is 4. The Morgan fingerprint density at radius 2 is 2.15 bits per heavy atom. The number of hydrogen-bond acceptors (Lipinski definition) is 4. The summed E-state index contributed by atoms with van der Waals surface area (Å²) in [6.45, 7) is 1.66. The van der Waals surface area contributed by atoms with Crippen molar-refractivity contribution >= 4 is 11.6 Å². The van der Waals surface area contributed by atoms with Crippen molar-refractivity contribution in [3.05, 3.63) is 40.3 Å². The molecule has 1 aliphatic rings. The Bertz CT molecular complexity index is 869. The predicted octanol–water partition coefficient (Wildman–Crippen LogP) is 2.87. The molecule has 0 saturated heterocycles. The number of carbonyl (C=O) groups is 1. The van der Waals surface area contributed by atoms with Crippen LogP contribution in [0.2, 0.25) is 0 Å². The highest BCUT2D eigenvalue weighted by atomic mass is 19.3. The Morgan fingerprint density at radius 1 is 1.44 bits per heavy atom. The molecule has 0 radical (unpaired) electrons. The van der Waals surface area contributed by atoms with Crippen molar-refractivity contribution in [2.24, 2.45) is 5.92 Å². The zero-order valence-electron chi connectivity index (χ0n) is 14.7. The molecule has 1 aliphatic carbocycles. The predicted molar refractivity (Wildman–Crippen MR) is 91.0 cm³/mol. The quantitative estimate of drug-likeness (QED) is 0.830. The van der Waals surface area contributed by atoms with Crippen LogP contribution in [0, 0.1) is 11.9 Å². The normalized spacial score (nSPS) is 18.2. The molecule has 27 heavy (non-hydrogen) atoms. The largest absolute Gasteiger partial charge is 0.321 e. The number of H-pyrrole nitrogens is 1. The molecule has 2 heterocycles. The minimum absolute atomic E-state index is 0.0558. The van der Waals surface area contributed by atoms with Gasteiger partial charge in [0, 0.05) is 31.0 Å². The van der Waals surface area contributed by atoms with Crippen LogP contribution in [0.3, 0.4) is 0 Å². The molecule has 0 aliphatic heterocycles. The van der Waals surface area contributed by atoms with E-state index in [9.17, 15) is 22.8 Å². The molecule has 2 aromatic rings. The number of anilines is 1. The second-order valence-electron chi connectivity index (χ2n) is 6.88. The van der Waals surface area contributed by atoms with Crippen LogP contribution in [0.5, 0.6) is 0 Å². The highest BCUT2D eigenvalue weighted by Gasteiger charge is 2.35. The molecular formula is C17H20F3N5O2. The SMILES string of the molecule is C[C@@H](c1ccn[nH]c1=O)n1cc(NC(=O)CC2CCC(F)(F)CC2)c(F)n1. The average Bonchev–Trinajstić information content (AvgIpc) is 2.97. The molecule has 0 unspecified atom stereocenters. The van der Waals surface area contributed by atoms with Crippen molar-refractivity contribution < 1.29 is 18.0 Å². The molecule has 2 aromatic heterocycles. The van der Waals surface area contributed by atoms with Gasteiger partial charge in [-0.2, -0.15) is 9.49 Å². The minimum atomic E-state index is -2.65. The van der Waals surface area contributed by atoms with Gasteiger partial charge in [0.15, 0.2) is 0 Å². The Labute approximate surface area is 153 Å². The molecule has 0 bridgehead atoms. The van der Waals surface area contributed by atoms with Crippen molar-refractivity contribution in [2.45, 2.75) is 51.0 Å². The van der Waals surface area contributed by atoms with E-state index < -0.39 is 29.4 Å². The Hall–Kier alpha value is -2.65. The fourth-order valence-electron chi connectivity index (χ4n) is 3.24. The van der Waals surface area contributed by atoms with Crippen LogP contribution in [-0.2, 0) is 4.79 Å². The molecule has 1 fully saturated rings. The van der Waals surface area contributed by atoms with Gasteiger partial charge in [-0.1, -0.05) is 0 Å². The van der Waals surface area contributed by atoms with Crippen molar-refractivity contribution in [3.8, 4) is 0 Å². The summed E-state index contributed by atoms with van der Waals surface area (Å²) in [5, 5.41) is 12.0. The van der Waals surface area contributed by atoms with Gasteiger partial charge >= 0.3 is 0 Å². The third-order valence-corrected chi connectivity index (χ3v) is 4.88. The van der Waals surface area contributed by atoms with E-state index in [-0.39, 0.29) is 43.7 Å². The molecule has 1 atom stereocenters. The Morgan fingerprint density at radius 3 is 2.81 bits per heavy atom. The van der Waals surface area contributed by atoms with Crippen molar-refractivity contribution in [1.29, 1.82) is 0 Å². The third kappa shape index (κ3) is 4.55. The first kappa shape index (κ1) is 19.1. The van der Waals surface area contributed by atoms with Gasteiger partial charge in [-0.25, -0.2) is 13.9 Å². The number of alkyl halides is 2. The Kier molecular flexibility index (Phi) is 5.33. The Balaban J connectivity index is 1.64. The maximum atomic E-state index is 14.1. The number of amides is 1. The summed E-state index contributed by atoms with van der Waals surface area (Å²) in [4.78, 5) is 23.9. The molecule has 2 N–H and O–H groups in total. The van der Waals surface area contributed by atoms with E-state index in [0.717, 1.165) is 0 Å². The van der Waals surface area contributed by atoms with Crippen LogP contribution in [-0.4, -0.2) is 31.8 Å². The summed E-state index contributed by atoms with van der Waals surface area (Å²) in [7, 11) is 0. The van der Waals surface area contributed by atoms with Crippen molar-refractivity contribution in [2.75, 3.05) is 5.32 Å². The summed E-state index contributed by atoms with van der Waals surface area (Å²) < 4.78 is 41.7. The zero-order valence-corrected chi connectivity index (χ0v) is 14.7. The smallest absolute Gasteiger partial charge is 0.269 e. The van der Waals surface area contributed by atoms with Gasteiger partial charge < -0.3 is 5.32 Å². The molecular weight excluding hydrogens is 363 g/mol. The maximum Gasteiger partial charge on any atom is 0.269 e. The number of rotatable bonds is 5. The number of hydrogen-bond donors (Lipinski definition) is 2. The molecule has 146 valence electrons. The standard InChI is InChI=1S/C17H20F3N5O2/c1-10(12-4-7-21-23-16(12)27)25-9-13(15(18)24-25)22-14(26)8-11-2-5-17(19,20)6-3-11/h4,7,9-11H,2-3,5-6,8H2,1H3,(H,22,26)(H,23,27)/t10-/m0/s1. The van der Waals surface area contributed by atoms with Crippen LogP contribution in [0.1, 0.15) is 50.6 Å². The molecule has 1 amide bonds. The molecule has 7 nitrogen and oxygen atoms in total. The van der Waals surface area contributed by atoms with Gasteiger partial charge in [-0.15, -0.1) is 5.10 Å². The van der Waals surface area contributed by atoms with E-state index in [4.69, 9.17) is 0 Å². The van der Waals surface area contributed by atoms with Gasteiger partial charge in [-0.3, -0.25) is 14.3 Å². The number of carbonyl (C=O) groups excluding carboxylic acids is 1. The first-order chi connectivity index (χ1) is 12.7. The molecule has 10 heteroatoms. The summed E-state index contributed by atoms with van der Waals surface area (Å²) in [6.07, 6.45) is 2.84.